The van der Waals surface area contributed by atoms with E-state index < -0.39 is 28.1 Å². The number of carboxylic acids is 1. The Balaban J connectivity index is 1.74. The molecule has 1 heterocycles. The molecule has 27 heavy (non-hydrogen) atoms. The van der Waals surface area contributed by atoms with Crippen LogP contribution >= 0.6 is 11.8 Å². The molecular formula is C17H14N4O5S. The number of rotatable bonds is 5. The van der Waals surface area contributed by atoms with Crippen LogP contribution in [0, 0.1) is 10.1 Å². The number of aromatic carboxylic acids is 1. The van der Waals surface area contributed by atoms with Gasteiger partial charge in [0, 0.05) is 11.8 Å². The van der Waals surface area contributed by atoms with Gasteiger partial charge in [0.05, 0.1) is 16.1 Å². The molecule has 138 valence electrons. The lowest BCUT2D eigenvalue weighted by Gasteiger charge is -2.12. The first kappa shape index (κ1) is 18.5. The number of thioether (sulfide) groups is 1. The summed E-state index contributed by atoms with van der Waals surface area (Å²) in [5, 5.41) is 22.6. The fraction of sp³-hybridized carbons (Fsp3) is 0.118. The van der Waals surface area contributed by atoms with Gasteiger partial charge in [0.15, 0.2) is 11.0 Å². The Bertz CT molecular complexity index is 945. The van der Waals surface area contributed by atoms with Gasteiger partial charge in [-0.2, -0.15) is 0 Å². The highest BCUT2D eigenvalue weighted by Crippen LogP contribution is 2.31. The van der Waals surface area contributed by atoms with Crippen molar-refractivity contribution in [3.8, 4) is 0 Å². The van der Waals surface area contributed by atoms with Gasteiger partial charge in [-0.15, -0.1) is 0 Å². The van der Waals surface area contributed by atoms with E-state index in [2.05, 4.69) is 10.3 Å². The quantitative estimate of drug-likeness (QED) is 0.403. The number of carboxylic acid groups (broad SMARTS) is 1. The number of anilines is 1. The maximum absolute atomic E-state index is 12.7. The van der Waals surface area contributed by atoms with E-state index in [-0.39, 0.29) is 16.8 Å². The minimum absolute atomic E-state index is 0.0160. The van der Waals surface area contributed by atoms with Crippen LogP contribution < -0.4 is 11.1 Å². The second kappa shape index (κ2) is 7.56. The highest BCUT2D eigenvalue weighted by molar-refractivity contribution is 8.15. The molecule has 2 aromatic rings. The minimum atomic E-state index is -1.04. The topological polar surface area (TPSA) is 148 Å². The molecule has 0 saturated carbocycles. The largest absolute Gasteiger partial charge is 0.478 e. The van der Waals surface area contributed by atoms with Crippen molar-refractivity contribution < 1.29 is 19.6 Å². The molecule has 1 aliphatic heterocycles. The number of hydrogen-bond acceptors (Lipinski definition) is 8. The summed E-state index contributed by atoms with van der Waals surface area (Å²) in [7, 11) is 0. The van der Waals surface area contributed by atoms with Crippen LogP contribution in [-0.4, -0.2) is 38.4 Å². The van der Waals surface area contributed by atoms with Crippen molar-refractivity contribution in [2.75, 3.05) is 5.32 Å². The van der Waals surface area contributed by atoms with Crippen LogP contribution in [0.25, 0.3) is 0 Å². The summed E-state index contributed by atoms with van der Waals surface area (Å²) >= 11 is 1.07. The van der Waals surface area contributed by atoms with Crippen molar-refractivity contribution in [2.45, 2.75) is 11.4 Å². The molecule has 2 atom stereocenters. The standard InChI is InChI=1S/C17H14N4O5S/c18-15-14(13(22)11-3-1-2-4-12(11)21(25)26)27-17(20-15)19-10-7-5-9(6-8-10)16(23)24/h1-8,14-15H,18H2,(H,19,20)(H,23,24). The molecule has 0 spiro atoms. The van der Waals surface area contributed by atoms with E-state index in [4.69, 9.17) is 10.8 Å². The monoisotopic (exact) mass is 386 g/mol. The average Bonchev–Trinajstić information content (AvgIpc) is 3.01. The second-order valence-electron chi connectivity index (χ2n) is 5.61. The molecule has 0 bridgehead atoms. The first-order valence-corrected chi connectivity index (χ1v) is 8.63. The van der Waals surface area contributed by atoms with Crippen LogP contribution in [0.2, 0.25) is 0 Å². The Labute approximate surface area is 157 Å². The average molecular weight is 386 g/mol. The SMILES string of the molecule is NC1N=C(Nc2ccc(C(=O)O)cc2)SC1C(=O)c1ccccc1[N+](=O)[O-]. The molecule has 2 aromatic carbocycles. The number of aliphatic imine (C=N–C) groups is 1. The van der Waals surface area contributed by atoms with Crippen LogP contribution in [0.15, 0.2) is 53.5 Å². The van der Waals surface area contributed by atoms with Crippen molar-refractivity contribution in [1.29, 1.82) is 0 Å². The fourth-order valence-electron chi connectivity index (χ4n) is 2.51. The maximum atomic E-state index is 12.7. The number of Topliss-reactive ketones (excluding diaryl/α,β-unsaturated/α-hetero) is 1. The van der Waals surface area contributed by atoms with Gasteiger partial charge < -0.3 is 16.2 Å². The zero-order chi connectivity index (χ0) is 19.6. The second-order valence-corrected chi connectivity index (χ2v) is 6.74. The number of nitro benzene ring substituents is 1. The Morgan fingerprint density at radius 2 is 1.85 bits per heavy atom. The van der Waals surface area contributed by atoms with Gasteiger partial charge in [0.2, 0.25) is 0 Å². The smallest absolute Gasteiger partial charge is 0.335 e. The molecule has 4 N–H and O–H groups in total. The summed E-state index contributed by atoms with van der Waals surface area (Å²) in [5.41, 5.74) is 6.36. The molecule has 9 nitrogen and oxygen atoms in total. The van der Waals surface area contributed by atoms with Crippen LogP contribution in [0.1, 0.15) is 20.7 Å². The Hall–Kier alpha value is -3.24. The maximum Gasteiger partial charge on any atom is 0.335 e. The number of para-hydroxylation sites is 1. The third-order valence-electron chi connectivity index (χ3n) is 3.82. The number of hydrogen-bond donors (Lipinski definition) is 3. The van der Waals surface area contributed by atoms with Gasteiger partial charge in [-0.3, -0.25) is 14.9 Å². The lowest BCUT2D eigenvalue weighted by molar-refractivity contribution is -0.385. The van der Waals surface area contributed by atoms with Gasteiger partial charge in [0.1, 0.15) is 11.4 Å². The van der Waals surface area contributed by atoms with E-state index in [9.17, 15) is 19.7 Å². The van der Waals surface area contributed by atoms with Gasteiger partial charge >= 0.3 is 5.97 Å². The predicted molar refractivity (Wildman–Crippen MR) is 101 cm³/mol. The zero-order valence-corrected chi connectivity index (χ0v) is 14.6. The molecule has 1 aliphatic rings. The Morgan fingerprint density at radius 1 is 1.19 bits per heavy atom. The molecule has 2 unspecified atom stereocenters. The summed E-state index contributed by atoms with van der Waals surface area (Å²) in [5.74, 6) is -1.51. The number of carbonyl (C=O) groups is 2. The molecule has 3 rings (SSSR count). The van der Waals surface area contributed by atoms with Crippen molar-refractivity contribution in [3.63, 3.8) is 0 Å². The van der Waals surface area contributed by atoms with Crippen LogP contribution in [0.3, 0.4) is 0 Å². The molecule has 10 heteroatoms. The molecule has 0 amide bonds. The Morgan fingerprint density at radius 3 is 2.48 bits per heavy atom. The third-order valence-corrected chi connectivity index (χ3v) is 5.00. The number of nitrogens with two attached hydrogens (primary N) is 1. The van der Waals surface area contributed by atoms with Crippen LogP contribution in [0.5, 0.6) is 0 Å². The van der Waals surface area contributed by atoms with E-state index in [0.29, 0.717) is 10.9 Å². The number of carbonyl (C=O) groups excluding carboxylic acids is 1. The van der Waals surface area contributed by atoms with Crippen molar-refractivity contribution in [2.24, 2.45) is 10.7 Å². The lowest BCUT2D eigenvalue weighted by Crippen LogP contribution is -2.34. The van der Waals surface area contributed by atoms with E-state index in [1.807, 2.05) is 0 Å². The minimum Gasteiger partial charge on any atom is -0.478 e. The van der Waals surface area contributed by atoms with Crippen LogP contribution in [-0.2, 0) is 0 Å². The summed E-state index contributed by atoms with van der Waals surface area (Å²) in [6.07, 6.45) is -0.858. The number of amidine groups is 1. The number of nitro groups is 1. The molecule has 0 aliphatic carbocycles. The molecule has 0 aromatic heterocycles. The van der Waals surface area contributed by atoms with Gasteiger partial charge in [-0.25, -0.2) is 9.79 Å². The normalized spacial score (nSPS) is 18.6. The molecular weight excluding hydrogens is 372 g/mol. The number of ketones is 1. The van der Waals surface area contributed by atoms with Crippen molar-refractivity contribution in [1.82, 2.24) is 0 Å². The number of nitrogens with zero attached hydrogens (tertiary/aromatic N) is 2. The lowest BCUT2D eigenvalue weighted by atomic mass is 10.0. The van der Waals surface area contributed by atoms with Gasteiger partial charge in [-0.05, 0) is 30.3 Å². The predicted octanol–water partition coefficient (Wildman–Crippen LogP) is 2.34. The first-order valence-electron chi connectivity index (χ1n) is 7.75. The highest BCUT2D eigenvalue weighted by atomic mass is 32.2. The van der Waals surface area contributed by atoms with E-state index in [1.54, 1.807) is 18.2 Å². The zero-order valence-electron chi connectivity index (χ0n) is 13.7. The fourth-order valence-corrected chi connectivity index (χ4v) is 3.54. The summed E-state index contributed by atoms with van der Waals surface area (Å²) in [6.45, 7) is 0. The van der Waals surface area contributed by atoms with Gasteiger partial charge in [0.25, 0.3) is 5.69 Å². The van der Waals surface area contributed by atoms with Crippen LogP contribution in [0.4, 0.5) is 11.4 Å². The molecule has 0 radical (unpaired) electrons. The first-order chi connectivity index (χ1) is 12.9. The van der Waals surface area contributed by atoms with Crippen molar-refractivity contribution in [3.05, 3.63) is 69.8 Å². The third kappa shape index (κ3) is 3.96. The highest BCUT2D eigenvalue weighted by Gasteiger charge is 2.36. The van der Waals surface area contributed by atoms with E-state index in [1.165, 1.54) is 30.3 Å². The van der Waals surface area contributed by atoms with E-state index >= 15 is 0 Å². The van der Waals surface area contributed by atoms with Gasteiger partial charge in [-0.1, -0.05) is 23.9 Å². The van der Waals surface area contributed by atoms with E-state index in [0.717, 1.165) is 11.8 Å². The summed E-state index contributed by atoms with van der Waals surface area (Å²) in [6, 6.07) is 11.7. The summed E-state index contributed by atoms with van der Waals surface area (Å²) in [4.78, 5) is 38.3. The summed E-state index contributed by atoms with van der Waals surface area (Å²) < 4.78 is 0. The number of benzene rings is 2. The molecule has 0 saturated heterocycles. The van der Waals surface area contributed by atoms with Crippen molar-refractivity contribution >= 4 is 40.1 Å². The molecule has 0 fully saturated rings. The Kier molecular flexibility index (Phi) is 5.19. The number of nitrogens with one attached hydrogen (secondary N) is 1.